The van der Waals surface area contributed by atoms with E-state index in [9.17, 15) is 9.90 Å². The van der Waals surface area contributed by atoms with Crippen molar-refractivity contribution in [3.8, 4) is 5.88 Å². The Morgan fingerprint density at radius 3 is 2.50 bits per heavy atom. The highest BCUT2D eigenvalue weighted by Gasteiger charge is 2.38. The highest BCUT2D eigenvalue weighted by molar-refractivity contribution is 5.94. The molecule has 122 valence electrons. The first-order valence-electron chi connectivity index (χ1n) is 7.76. The average Bonchev–Trinajstić information content (AvgIpc) is 2.86. The number of aliphatic hydroxyl groups is 1. The fourth-order valence-corrected chi connectivity index (χ4v) is 2.79. The Bertz CT molecular complexity index is 526. The van der Waals surface area contributed by atoms with E-state index >= 15 is 0 Å². The van der Waals surface area contributed by atoms with Crippen LogP contribution in [0.3, 0.4) is 0 Å². The van der Waals surface area contributed by atoms with Crippen LogP contribution in [0.2, 0.25) is 0 Å². The number of pyridine rings is 1. The van der Waals surface area contributed by atoms with Crippen LogP contribution in [0.15, 0.2) is 18.3 Å². The molecule has 1 aliphatic rings. The summed E-state index contributed by atoms with van der Waals surface area (Å²) in [6.45, 7) is 10.0. The summed E-state index contributed by atoms with van der Waals surface area (Å²) in [5.74, 6) is 0.420. The van der Waals surface area contributed by atoms with Gasteiger partial charge in [0, 0.05) is 18.8 Å². The summed E-state index contributed by atoms with van der Waals surface area (Å²) >= 11 is 0. The second-order valence-electron chi connectivity index (χ2n) is 7.41. The topological polar surface area (TPSA) is 62.7 Å². The highest BCUT2D eigenvalue weighted by Crippen LogP contribution is 2.28. The Morgan fingerprint density at radius 1 is 1.32 bits per heavy atom. The summed E-state index contributed by atoms with van der Waals surface area (Å²) in [4.78, 5) is 18.6. The van der Waals surface area contributed by atoms with Crippen LogP contribution in [0.5, 0.6) is 5.88 Å². The van der Waals surface area contributed by atoms with Crippen molar-refractivity contribution in [1.29, 1.82) is 0 Å². The number of carbonyl (C=O) groups is 1. The Kier molecular flexibility index (Phi) is 4.47. The lowest BCUT2D eigenvalue weighted by Gasteiger charge is -2.33. The summed E-state index contributed by atoms with van der Waals surface area (Å²) in [6, 6.07) is 3.30. The number of likely N-dealkylation sites (tertiary alicyclic amines) is 1. The lowest BCUT2D eigenvalue weighted by Crippen LogP contribution is -2.48. The second kappa shape index (κ2) is 5.88. The molecule has 1 unspecified atom stereocenters. The zero-order chi connectivity index (χ0) is 16.5. The van der Waals surface area contributed by atoms with E-state index in [1.807, 2.05) is 20.8 Å². The molecule has 1 fully saturated rings. The first-order valence-corrected chi connectivity index (χ1v) is 7.76. The van der Waals surface area contributed by atoms with Gasteiger partial charge in [0.2, 0.25) is 5.88 Å². The Balaban J connectivity index is 2.13. The van der Waals surface area contributed by atoms with E-state index in [1.54, 1.807) is 37.1 Å². The van der Waals surface area contributed by atoms with Gasteiger partial charge < -0.3 is 14.7 Å². The van der Waals surface area contributed by atoms with Crippen LogP contribution >= 0.6 is 0 Å². The molecule has 1 saturated heterocycles. The van der Waals surface area contributed by atoms with Crippen LogP contribution in [-0.4, -0.2) is 44.7 Å². The van der Waals surface area contributed by atoms with Gasteiger partial charge in [0.15, 0.2) is 0 Å². The molecule has 5 heteroatoms. The molecule has 1 aromatic rings. The summed E-state index contributed by atoms with van der Waals surface area (Å²) in [5, 5.41) is 10.2. The van der Waals surface area contributed by atoms with Gasteiger partial charge in [-0.3, -0.25) is 4.79 Å². The molecule has 0 spiro atoms. The van der Waals surface area contributed by atoms with Crippen LogP contribution in [-0.2, 0) is 0 Å². The molecule has 22 heavy (non-hydrogen) atoms. The number of hydrogen-bond acceptors (Lipinski definition) is 4. The Morgan fingerprint density at radius 2 is 2.00 bits per heavy atom. The first-order chi connectivity index (χ1) is 10.1. The number of hydrogen-bond donors (Lipinski definition) is 1. The quantitative estimate of drug-likeness (QED) is 0.932. The molecule has 0 aromatic carbocycles. The molecule has 0 radical (unpaired) electrons. The third-order valence-corrected chi connectivity index (χ3v) is 3.72. The maximum atomic E-state index is 12.6. The van der Waals surface area contributed by atoms with Crippen LogP contribution < -0.4 is 4.74 Å². The van der Waals surface area contributed by atoms with Gasteiger partial charge in [-0.05, 0) is 53.5 Å². The molecule has 0 bridgehead atoms. The number of aromatic nitrogens is 1. The zero-order valence-corrected chi connectivity index (χ0v) is 14.1. The highest BCUT2D eigenvalue weighted by atomic mass is 16.5. The number of ether oxygens (including phenoxy) is 1. The van der Waals surface area contributed by atoms with E-state index in [-0.39, 0.29) is 17.6 Å². The van der Waals surface area contributed by atoms with Crippen molar-refractivity contribution in [1.82, 2.24) is 9.88 Å². The number of nitrogens with zero attached hydrogens (tertiary/aromatic N) is 2. The predicted molar refractivity (Wildman–Crippen MR) is 85.0 cm³/mol. The zero-order valence-electron chi connectivity index (χ0n) is 14.1. The van der Waals surface area contributed by atoms with Crippen LogP contribution in [0, 0.1) is 0 Å². The summed E-state index contributed by atoms with van der Waals surface area (Å²) in [6.07, 6.45) is 3.29. The Hall–Kier alpha value is -1.62. The van der Waals surface area contributed by atoms with Gasteiger partial charge in [-0.25, -0.2) is 4.98 Å². The maximum absolute atomic E-state index is 12.6. The van der Waals surface area contributed by atoms with E-state index in [1.165, 1.54) is 0 Å². The van der Waals surface area contributed by atoms with Crippen molar-refractivity contribution in [2.75, 3.05) is 6.54 Å². The van der Waals surface area contributed by atoms with Crippen molar-refractivity contribution >= 4 is 5.91 Å². The van der Waals surface area contributed by atoms with E-state index in [0.717, 1.165) is 12.8 Å². The number of rotatable bonds is 3. The van der Waals surface area contributed by atoms with E-state index in [0.29, 0.717) is 18.0 Å². The standard InChI is InChI=1S/C17H26N2O3/c1-16(2,3)22-14-9-8-12(11-18-14)15(20)19-10-6-7-13(19)17(4,5)21/h8-9,11,13,21H,6-7,10H2,1-5H3. The van der Waals surface area contributed by atoms with E-state index < -0.39 is 5.60 Å². The maximum Gasteiger partial charge on any atom is 0.255 e. The summed E-state index contributed by atoms with van der Waals surface area (Å²) in [5.41, 5.74) is -0.689. The SMILES string of the molecule is CC(C)(C)Oc1ccc(C(=O)N2CCCC2C(C)(C)O)cn1. The fraction of sp³-hybridized carbons (Fsp3) is 0.647. The smallest absolute Gasteiger partial charge is 0.255 e. The molecule has 0 aliphatic carbocycles. The molecule has 1 aliphatic heterocycles. The average molecular weight is 306 g/mol. The minimum Gasteiger partial charge on any atom is -0.472 e. The molecular weight excluding hydrogens is 280 g/mol. The van der Waals surface area contributed by atoms with Crippen LogP contribution in [0.1, 0.15) is 57.8 Å². The largest absolute Gasteiger partial charge is 0.472 e. The van der Waals surface area contributed by atoms with Crippen molar-refractivity contribution in [3.63, 3.8) is 0 Å². The minimum atomic E-state index is -0.894. The molecule has 1 N–H and O–H groups in total. The monoisotopic (exact) mass is 306 g/mol. The normalized spacial score (nSPS) is 19.4. The van der Waals surface area contributed by atoms with Crippen molar-refractivity contribution in [2.45, 2.75) is 64.7 Å². The molecular formula is C17H26N2O3. The van der Waals surface area contributed by atoms with Gasteiger partial charge in [-0.2, -0.15) is 0 Å². The molecule has 5 nitrogen and oxygen atoms in total. The summed E-state index contributed by atoms with van der Waals surface area (Å²) in [7, 11) is 0. The lowest BCUT2D eigenvalue weighted by atomic mass is 9.96. The van der Waals surface area contributed by atoms with Gasteiger partial charge in [0.1, 0.15) is 5.60 Å². The van der Waals surface area contributed by atoms with Crippen LogP contribution in [0.25, 0.3) is 0 Å². The molecule has 2 rings (SSSR count). The fourth-order valence-electron chi connectivity index (χ4n) is 2.79. The summed E-state index contributed by atoms with van der Waals surface area (Å²) < 4.78 is 5.66. The van der Waals surface area contributed by atoms with Gasteiger partial charge in [0.05, 0.1) is 17.2 Å². The van der Waals surface area contributed by atoms with Crippen LogP contribution in [0.4, 0.5) is 0 Å². The number of carbonyl (C=O) groups excluding carboxylic acids is 1. The lowest BCUT2D eigenvalue weighted by molar-refractivity contribution is 0.000307. The Labute approximate surface area is 132 Å². The van der Waals surface area contributed by atoms with Crippen molar-refractivity contribution < 1.29 is 14.6 Å². The van der Waals surface area contributed by atoms with Crippen molar-refractivity contribution in [2.24, 2.45) is 0 Å². The molecule has 1 amide bonds. The molecule has 1 atom stereocenters. The van der Waals surface area contributed by atoms with Gasteiger partial charge in [0.25, 0.3) is 5.91 Å². The number of amides is 1. The molecule has 1 aromatic heterocycles. The van der Waals surface area contributed by atoms with Gasteiger partial charge in [-0.15, -0.1) is 0 Å². The van der Waals surface area contributed by atoms with Gasteiger partial charge in [-0.1, -0.05) is 0 Å². The van der Waals surface area contributed by atoms with E-state index in [2.05, 4.69) is 4.98 Å². The molecule has 0 saturated carbocycles. The van der Waals surface area contributed by atoms with E-state index in [4.69, 9.17) is 4.74 Å². The van der Waals surface area contributed by atoms with Gasteiger partial charge >= 0.3 is 0 Å². The van der Waals surface area contributed by atoms with Crippen molar-refractivity contribution in [3.05, 3.63) is 23.9 Å². The molecule has 2 heterocycles. The minimum absolute atomic E-state index is 0.0839. The first kappa shape index (κ1) is 16.7. The second-order valence-corrected chi connectivity index (χ2v) is 7.41. The third kappa shape index (κ3) is 3.97. The predicted octanol–water partition coefficient (Wildman–Crippen LogP) is 2.63. The third-order valence-electron chi connectivity index (χ3n) is 3.72.